The number of hydrogen-bond acceptors (Lipinski definition) is 7. The Hall–Kier alpha value is -1.45. The molecule has 1 aromatic heterocycles. The van der Waals surface area contributed by atoms with Gasteiger partial charge in [0.2, 0.25) is 5.91 Å². The highest BCUT2D eigenvalue weighted by atomic mass is 32.2. The number of amides is 2. The minimum atomic E-state index is -0.299. The second-order valence-electron chi connectivity index (χ2n) is 4.55. The van der Waals surface area contributed by atoms with Crippen molar-refractivity contribution in [3.05, 3.63) is 22.6 Å². The van der Waals surface area contributed by atoms with E-state index in [1.165, 1.54) is 34.9 Å². The molecule has 0 spiro atoms. The van der Waals surface area contributed by atoms with E-state index >= 15 is 0 Å². The predicted octanol–water partition coefficient (Wildman–Crippen LogP) is 2.42. The molecular formula is C13H12N4O2S3. The molecule has 1 atom stereocenters. The third-order valence-corrected chi connectivity index (χ3v) is 5.45. The van der Waals surface area contributed by atoms with Crippen LogP contribution in [0.5, 0.6) is 0 Å². The lowest BCUT2D eigenvalue weighted by atomic mass is 10.1. The highest BCUT2D eigenvalue weighted by Gasteiger charge is 2.32. The molecule has 0 saturated carbocycles. The monoisotopic (exact) mass is 352 g/mol. The average Bonchev–Trinajstić information content (AvgIpc) is 3.08. The van der Waals surface area contributed by atoms with Crippen molar-refractivity contribution in [2.45, 2.75) is 6.92 Å². The number of aliphatic imine (C=N–C) groups is 2. The molecule has 0 aliphatic carbocycles. The molecule has 0 bridgehead atoms. The van der Waals surface area contributed by atoms with Crippen LogP contribution in [0.1, 0.15) is 6.92 Å². The van der Waals surface area contributed by atoms with Gasteiger partial charge in [-0.2, -0.15) is 4.99 Å². The largest absolute Gasteiger partial charge is 0.301 e. The summed E-state index contributed by atoms with van der Waals surface area (Å²) >= 11 is 4.26. The van der Waals surface area contributed by atoms with Crippen molar-refractivity contribution in [3.8, 4) is 0 Å². The first-order valence-electron chi connectivity index (χ1n) is 6.45. The smallest absolute Gasteiger partial charge is 0.261 e. The van der Waals surface area contributed by atoms with Crippen molar-refractivity contribution in [3.63, 3.8) is 0 Å². The number of aromatic nitrogens is 1. The summed E-state index contributed by atoms with van der Waals surface area (Å²) in [4.78, 5) is 37.1. The first kappa shape index (κ1) is 15.4. The number of fused-ring (bicyclic) bond motifs is 1. The molecule has 0 saturated heterocycles. The normalized spacial score (nSPS) is 20.1. The van der Waals surface area contributed by atoms with E-state index in [0.29, 0.717) is 16.7 Å². The van der Waals surface area contributed by atoms with E-state index < -0.39 is 0 Å². The fourth-order valence-corrected chi connectivity index (χ4v) is 4.12. The molecule has 114 valence electrons. The highest BCUT2D eigenvalue weighted by molar-refractivity contribution is 8.17. The summed E-state index contributed by atoms with van der Waals surface area (Å²) in [6, 6.07) is 0. The van der Waals surface area contributed by atoms with Gasteiger partial charge in [0.05, 0.1) is 16.5 Å². The summed E-state index contributed by atoms with van der Waals surface area (Å²) in [5.41, 5.74) is 0. The van der Waals surface area contributed by atoms with Crippen LogP contribution >= 0.6 is 34.9 Å². The fraction of sp³-hybridized carbons (Fsp3) is 0.308. The molecule has 0 fully saturated rings. The molecule has 1 N–H and O–H groups in total. The van der Waals surface area contributed by atoms with E-state index in [9.17, 15) is 9.59 Å². The zero-order valence-electron chi connectivity index (χ0n) is 11.6. The van der Waals surface area contributed by atoms with E-state index in [1.54, 1.807) is 11.6 Å². The predicted molar refractivity (Wildman–Crippen MR) is 92.8 cm³/mol. The van der Waals surface area contributed by atoms with E-state index in [2.05, 4.69) is 20.3 Å². The van der Waals surface area contributed by atoms with Gasteiger partial charge in [-0.3, -0.25) is 9.59 Å². The van der Waals surface area contributed by atoms with Crippen molar-refractivity contribution in [1.82, 2.24) is 4.98 Å². The molecule has 3 heterocycles. The number of nitrogens with zero attached hydrogens (tertiary/aromatic N) is 3. The van der Waals surface area contributed by atoms with Gasteiger partial charge in [-0.15, -0.1) is 23.1 Å². The minimum absolute atomic E-state index is 0.124. The van der Waals surface area contributed by atoms with Gasteiger partial charge in [0.25, 0.3) is 5.91 Å². The standard InChI is InChI=1S/C13H12N4O2S3/c1-7-4-8-11(19)15-9(16-12(8)22-7)5-20-6-10(18)17-13-14-2-3-21-13/h2-4,8H,5-6H2,1H3,(H,14,17,18). The number of rotatable bonds is 5. The zero-order chi connectivity index (χ0) is 15.5. The summed E-state index contributed by atoms with van der Waals surface area (Å²) in [7, 11) is 0. The molecule has 1 aromatic rings. The Morgan fingerprint density at radius 3 is 3.09 bits per heavy atom. The summed E-state index contributed by atoms with van der Waals surface area (Å²) in [5, 5.41) is 5.88. The highest BCUT2D eigenvalue weighted by Crippen LogP contribution is 2.34. The molecule has 2 amide bonds. The van der Waals surface area contributed by atoms with Crippen molar-refractivity contribution in [2.75, 3.05) is 16.8 Å². The maximum absolute atomic E-state index is 11.9. The molecule has 9 heteroatoms. The topological polar surface area (TPSA) is 83.8 Å². The summed E-state index contributed by atoms with van der Waals surface area (Å²) in [6.45, 7) is 1.95. The molecule has 0 radical (unpaired) electrons. The van der Waals surface area contributed by atoms with Crippen LogP contribution in [0.2, 0.25) is 0 Å². The molecule has 6 nitrogen and oxygen atoms in total. The number of hydrogen-bond donors (Lipinski definition) is 1. The Bertz CT molecular complexity index is 694. The van der Waals surface area contributed by atoms with Gasteiger partial charge in [0, 0.05) is 11.6 Å². The van der Waals surface area contributed by atoms with Crippen LogP contribution in [0, 0.1) is 5.92 Å². The Kier molecular flexibility index (Phi) is 4.74. The number of carbonyl (C=O) groups excluding carboxylic acids is 2. The first-order valence-corrected chi connectivity index (χ1v) is 9.30. The quantitative estimate of drug-likeness (QED) is 0.880. The Morgan fingerprint density at radius 1 is 1.45 bits per heavy atom. The summed E-state index contributed by atoms with van der Waals surface area (Å²) < 4.78 is 0. The first-order chi connectivity index (χ1) is 10.6. The maximum Gasteiger partial charge on any atom is 0.261 e. The Morgan fingerprint density at radius 2 is 2.32 bits per heavy atom. The van der Waals surface area contributed by atoms with Crippen LogP contribution in [-0.2, 0) is 9.59 Å². The number of thiazole rings is 1. The van der Waals surface area contributed by atoms with Crippen LogP contribution in [0.25, 0.3) is 0 Å². The van der Waals surface area contributed by atoms with E-state index in [1.807, 2.05) is 13.0 Å². The SMILES string of the molecule is CC1=CC2C(=O)N=C(CSCC(=O)Nc3nccs3)N=C2S1. The van der Waals surface area contributed by atoms with Crippen LogP contribution in [0.4, 0.5) is 5.13 Å². The molecule has 0 aromatic carbocycles. The lowest BCUT2D eigenvalue weighted by molar-refractivity contribution is -0.118. The van der Waals surface area contributed by atoms with Gasteiger partial charge in [-0.25, -0.2) is 9.98 Å². The molecular weight excluding hydrogens is 340 g/mol. The van der Waals surface area contributed by atoms with Crippen molar-refractivity contribution in [2.24, 2.45) is 15.9 Å². The van der Waals surface area contributed by atoms with Crippen LogP contribution < -0.4 is 5.32 Å². The average molecular weight is 352 g/mol. The number of nitrogens with one attached hydrogen (secondary N) is 1. The third-order valence-electron chi connectivity index (χ3n) is 2.82. The lowest BCUT2D eigenvalue weighted by Crippen LogP contribution is -2.24. The number of carbonyl (C=O) groups is 2. The summed E-state index contributed by atoms with van der Waals surface area (Å²) in [5.74, 6) is 0.599. The fourth-order valence-electron chi connectivity index (χ4n) is 1.93. The number of thioether (sulfide) groups is 2. The molecule has 3 rings (SSSR count). The third kappa shape index (κ3) is 3.65. The van der Waals surface area contributed by atoms with Crippen molar-refractivity contribution < 1.29 is 9.59 Å². The van der Waals surface area contributed by atoms with Gasteiger partial charge in [0.1, 0.15) is 11.8 Å². The van der Waals surface area contributed by atoms with Crippen molar-refractivity contribution in [1.29, 1.82) is 0 Å². The van der Waals surface area contributed by atoms with E-state index in [-0.39, 0.29) is 23.5 Å². The second kappa shape index (κ2) is 6.76. The Balaban J connectivity index is 1.49. The zero-order valence-corrected chi connectivity index (χ0v) is 14.1. The minimum Gasteiger partial charge on any atom is -0.301 e. The number of allylic oxidation sites excluding steroid dienone is 1. The van der Waals surface area contributed by atoms with E-state index in [0.717, 1.165) is 9.95 Å². The molecule has 1 unspecified atom stereocenters. The second-order valence-corrected chi connectivity index (χ2v) is 7.70. The molecule has 22 heavy (non-hydrogen) atoms. The molecule has 2 aliphatic rings. The van der Waals surface area contributed by atoms with Gasteiger partial charge >= 0.3 is 0 Å². The van der Waals surface area contributed by atoms with Gasteiger partial charge in [-0.1, -0.05) is 17.8 Å². The van der Waals surface area contributed by atoms with Crippen LogP contribution in [0.3, 0.4) is 0 Å². The van der Waals surface area contributed by atoms with Crippen molar-refractivity contribution >= 4 is 62.7 Å². The maximum atomic E-state index is 11.9. The van der Waals surface area contributed by atoms with Gasteiger partial charge < -0.3 is 5.32 Å². The van der Waals surface area contributed by atoms with E-state index in [4.69, 9.17) is 0 Å². The van der Waals surface area contributed by atoms with Gasteiger partial charge in [-0.05, 0) is 11.8 Å². The van der Waals surface area contributed by atoms with Crippen LogP contribution in [-0.4, -0.2) is 39.2 Å². The number of amidine groups is 1. The van der Waals surface area contributed by atoms with Gasteiger partial charge in [0.15, 0.2) is 5.13 Å². The Labute approximate surface area is 139 Å². The lowest BCUT2D eigenvalue weighted by Gasteiger charge is -2.12. The van der Waals surface area contributed by atoms with Crippen LogP contribution in [0.15, 0.2) is 32.5 Å². The number of anilines is 1. The molecule has 2 aliphatic heterocycles. The summed E-state index contributed by atoms with van der Waals surface area (Å²) in [6.07, 6.45) is 3.53.